The van der Waals surface area contributed by atoms with Crippen LogP contribution in [-0.4, -0.2) is 89.9 Å². The molecule has 0 aromatic carbocycles. The van der Waals surface area contributed by atoms with Gasteiger partial charge in [0.05, 0.1) is 19.8 Å². The van der Waals surface area contributed by atoms with Crippen LogP contribution < -0.4 is 15.5 Å². The Hall–Kier alpha value is -2.32. The molecule has 0 aliphatic carbocycles. The fraction of sp³-hybridized carbons (Fsp3) is 0.632. The number of carbonyl (C=O) groups excluding carboxylic acids is 3. The summed E-state index contributed by atoms with van der Waals surface area (Å²) in [6.07, 6.45) is -1.32. The Labute approximate surface area is 196 Å². The molecule has 2 aliphatic heterocycles. The van der Waals surface area contributed by atoms with Crippen LogP contribution in [0.5, 0.6) is 0 Å². The molecule has 0 aromatic rings. The SMILES string of the molecule is C=C1NC(=O)C=CN1[C@@H]1O[C@H](COP(=O)(NCC(=O)OCC)NCC(=O)OCC)C(O)[C@]1(C)O. The Morgan fingerprint density at radius 1 is 1.26 bits per heavy atom. The Morgan fingerprint density at radius 2 is 1.82 bits per heavy atom. The van der Waals surface area contributed by atoms with E-state index < -0.39 is 69.2 Å². The molecule has 0 radical (unpaired) electrons. The molecule has 1 fully saturated rings. The first-order chi connectivity index (χ1) is 15.9. The van der Waals surface area contributed by atoms with E-state index in [1.165, 1.54) is 24.1 Å². The molecule has 1 unspecified atom stereocenters. The maximum atomic E-state index is 13.2. The number of esters is 2. The monoisotopic (exact) mass is 506 g/mol. The highest BCUT2D eigenvalue weighted by Crippen LogP contribution is 2.40. The number of carbonyl (C=O) groups is 3. The zero-order valence-electron chi connectivity index (χ0n) is 19.2. The predicted octanol–water partition coefficient (Wildman–Crippen LogP) is -1.33. The van der Waals surface area contributed by atoms with Crippen LogP contribution in [0, 0.1) is 0 Å². The summed E-state index contributed by atoms with van der Waals surface area (Å²) >= 11 is 0. The molecular formula is C19H31N4O10P. The van der Waals surface area contributed by atoms with Gasteiger partial charge in [-0.05, 0) is 20.8 Å². The van der Waals surface area contributed by atoms with Crippen LogP contribution in [-0.2, 0) is 37.7 Å². The van der Waals surface area contributed by atoms with Crippen molar-refractivity contribution in [2.24, 2.45) is 0 Å². The summed E-state index contributed by atoms with van der Waals surface area (Å²) in [5, 5.41) is 28.7. The van der Waals surface area contributed by atoms with Crippen molar-refractivity contribution in [1.29, 1.82) is 0 Å². The number of amides is 1. The summed E-state index contributed by atoms with van der Waals surface area (Å²) < 4.78 is 33.9. The third kappa shape index (κ3) is 7.09. The van der Waals surface area contributed by atoms with Gasteiger partial charge in [0, 0.05) is 12.3 Å². The second-order valence-electron chi connectivity index (χ2n) is 7.48. The van der Waals surface area contributed by atoms with Crippen molar-refractivity contribution in [1.82, 2.24) is 20.4 Å². The lowest BCUT2D eigenvalue weighted by Crippen LogP contribution is -2.53. The van der Waals surface area contributed by atoms with Crippen LogP contribution in [0.25, 0.3) is 0 Å². The molecule has 14 nitrogen and oxygen atoms in total. The van der Waals surface area contributed by atoms with E-state index in [-0.39, 0.29) is 19.0 Å². The van der Waals surface area contributed by atoms with Gasteiger partial charge in [-0.25, -0.2) is 10.2 Å². The van der Waals surface area contributed by atoms with Crippen LogP contribution in [0.4, 0.5) is 0 Å². The van der Waals surface area contributed by atoms with Crippen molar-refractivity contribution in [3.63, 3.8) is 0 Å². The molecule has 34 heavy (non-hydrogen) atoms. The first-order valence-electron chi connectivity index (χ1n) is 10.5. The van der Waals surface area contributed by atoms with Crippen molar-refractivity contribution >= 4 is 25.5 Å². The molecule has 0 aromatic heterocycles. The standard InChI is InChI=1S/C19H31N4O10P/c1-5-30-15(25)9-20-34(29,21-10-16(26)31-6-2)32-11-13-17(27)19(4,28)18(33-13)23-8-7-14(24)22-12(23)3/h7-8,13,17-18,27-28H,3,5-6,9-11H2,1-2,4H3,(H,22,24)(H2,20,21,29)/t13-,17?,18-,19+/m1/s1. The zero-order chi connectivity index (χ0) is 25.5. The van der Waals surface area contributed by atoms with Crippen LogP contribution in [0.15, 0.2) is 24.7 Å². The van der Waals surface area contributed by atoms with E-state index in [2.05, 4.69) is 22.1 Å². The fourth-order valence-corrected chi connectivity index (χ4v) is 4.50. The van der Waals surface area contributed by atoms with Gasteiger partial charge >= 0.3 is 19.6 Å². The molecule has 2 aliphatic rings. The van der Waals surface area contributed by atoms with Crippen molar-refractivity contribution in [2.45, 2.75) is 44.8 Å². The van der Waals surface area contributed by atoms with E-state index in [4.69, 9.17) is 18.7 Å². The second-order valence-corrected chi connectivity index (χ2v) is 9.48. The number of hydrogen-bond donors (Lipinski definition) is 5. The topological polar surface area (TPSA) is 185 Å². The van der Waals surface area contributed by atoms with E-state index in [0.29, 0.717) is 0 Å². The molecule has 0 saturated carbocycles. The summed E-state index contributed by atoms with van der Waals surface area (Å²) in [5.74, 6) is -1.71. The maximum Gasteiger partial charge on any atom is 0.341 e. The molecule has 1 saturated heterocycles. The van der Waals surface area contributed by atoms with E-state index in [0.717, 1.165) is 0 Å². The van der Waals surface area contributed by atoms with Gasteiger partial charge in [-0.1, -0.05) is 6.58 Å². The number of aliphatic hydroxyl groups excluding tert-OH is 1. The van der Waals surface area contributed by atoms with Gasteiger partial charge in [0.2, 0.25) is 0 Å². The summed E-state index contributed by atoms with van der Waals surface area (Å²) in [5.41, 5.74) is -1.84. The van der Waals surface area contributed by atoms with Gasteiger partial charge in [-0.15, -0.1) is 0 Å². The minimum atomic E-state index is -4.04. The lowest BCUT2D eigenvalue weighted by molar-refractivity contribution is -0.142. The molecule has 1 amide bonds. The van der Waals surface area contributed by atoms with Crippen LogP contribution in [0.1, 0.15) is 20.8 Å². The van der Waals surface area contributed by atoms with Gasteiger partial charge < -0.3 is 39.2 Å². The number of nitrogens with one attached hydrogen (secondary N) is 3. The maximum absolute atomic E-state index is 13.2. The lowest BCUT2D eigenvalue weighted by atomic mass is 9.96. The van der Waals surface area contributed by atoms with Crippen LogP contribution in [0.2, 0.25) is 0 Å². The number of hydrogen-bond acceptors (Lipinski definition) is 11. The van der Waals surface area contributed by atoms with Crippen molar-refractivity contribution < 1.29 is 47.9 Å². The summed E-state index contributed by atoms with van der Waals surface area (Å²) in [6, 6.07) is 0. The molecule has 5 N–H and O–H groups in total. The smallest absolute Gasteiger partial charge is 0.341 e. The molecule has 0 bridgehead atoms. The summed E-state index contributed by atoms with van der Waals surface area (Å²) in [4.78, 5) is 36.1. The zero-order valence-corrected chi connectivity index (χ0v) is 20.1. The van der Waals surface area contributed by atoms with E-state index in [1.54, 1.807) is 13.8 Å². The Balaban J connectivity index is 2.09. The summed E-state index contributed by atoms with van der Waals surface area (Å²) in [6.45, 7) is 6.94. The van der Waals surface area contributed by atoms with Gasteiger partial charge in [-0.2, -0.15) is 0 Å². The summed E-state index contributed by atoms with van der Waals surface area (Å²) in [7, 11) is -4.04. The van der Waals surface area contributed by atoms with E-state index in [9.17, 15) is 29.2 Å². The number of aliphatic hydroxyl groups is 2. The number of ether oxygens (including phenoxy) is 3. The van der Waals surface area contributed by atoms with E-state index in [1.807, 2.05) is 0 Å². The molecule has 15 heteroatoms. The highest BCUT2D eigenvalue weighted by atomic mass is 31.2. The van der Waals surface area contributed by atoms with E-state index >= 15 is 0 Å². The van der Waals surface area contributed by atoms with Crippen LogP contribution in [0.3, 0.4) is 0 Å². The van der Waals surface area contributed by atoms with Gasteiger partial charge in [0.15, 0.2) is 6.23 Å². The van der Waals surface area contributed by atoms with Crippen LogP contribution >= 0.6 is 7.67 Å². The average Bonchev–Trinajstić information content (AvgIpc) is 2.99. The average molecular weight is 506 g/mol. The highest BCUT2D eigenvalue weighted by Gasteiger charge is 2.55. The first-order valence-corrected chi connectivity index (χ1v) is 12.1. The molecule has 0 spiro atoms. The number of nitrogens with zero attached hydrogens (tertiary/aromatic N) is 1. The molecule has 2 rings (SSSR count). The van der Waals surface area contributed by atoms with Crippen molar-refractivity contribution in [2.75, 3.05) is 32.9 Å². The van der Waals surface area contributed by atoms with Gasteiger partial charge in [-0.3, -0.25) is 18.9 Å². The van der Waals surface area contributed by atoms with Crippen molar-refractivity contribution in [3.05, 3.63) is 24.7 Å². The predicted molar refractivity (Wildman–Crippen MR) is 116 cm³/mol. The Bertz CT molecular complexity index is 838. The fourth-order valence-electron chi connectivity index (χ4n) is 3.17. The molecule has 2 heterocycles. The normalized spacial score (nSPS) is 27.0. The quantitative estimate of drug-likeness (QED) is 0.155. The third-order valence-electron chi connectivity index (χ3n) is 4.87. The Morgan fingerprint density at radius 3 is 2.32 bits per heavy atom. The molecule has 4 atom stereocenters. The largest absolute Gasteiger partial charge is 0.465 e. The third-order valence-corrected chi connectivity index (χ3v) is 6.53. The second kappa shape index (κ2) is 11.9. The highest BCUT2D eigenvalue weighted by molar-refractivity contribution is 7.54. The minimum absolute atomic E-state index is 0.108. The first kappa shape index (κ1) is 27.9. The molecule has 192 valence electrons. The Kier molecular flexibility index (Phi) is 9.76. The van der Waals surface area contributed by atoms with Gasteiger partial charge in [0.25, 0.3) is 5.91 Å². The number of rotatable bonds is 12. The minimum Gasteiger partial charge on any atom is -0.465 e. The van der Waals surface area contributed by atoms with Crippen molar-refractivity contribution in [3.8, 4) is 0 Å². The van der Waals surface area contributed by atoms with Gasteiger partial charge in [0.1, 0.15) is 36.7 Å². The lowest BCUT2D eigenvalue weighted by Gasteiger charge is -2.37. The molecular weight excluding hydrogens is 475 g/mol.